The van der Waals surface area contributed by atoms with E-state index in [1.165, 1.54) is 6.92 Å². The molecule has 0 fully saturated rings. The first kappa shape index (κ1) is 14.9. The summed E-state index contributed by atoms with van der Waals surface area (Å²) in [6, 6.07) is -1.24. The van der Waals surface area contributed by atoms with E-state index in [1.54, 1.807) is 6.92 Å². The molecule has 0 aromatic carbocycles. The Bertz CT molecular complexity index is 417. The van der Waals surface area contributed by atoms with Gasteiger partial charge in [0.1, 0.15) is 5.01 Å². The molecule has 1 aromatic rings. The molecule has 0 saturated heterocycles. The van der Waals surface area contributed by atoms with E-state index in [2.05, 4.69) is 10.3 Å². The number of carbonyl (C=O) groups excluding carboxylic acids is 1. The van der Waals surface area contributed by atoms with Crippen LogP contribution in [0.4, 0.5) is 13.2 Å². The van der Waals surface area contributed by atoms with E-state index in [0.717, 1.165) is 16.7 Å². The number of hydrogen-bond acceptors (Lipinski definition) is 4. The monoisotopic (exact) mass is 281 g/mol. The van der Waals surface area contributed by atoms with Crippen molar-refractivity contribution in [3.05, 3.63) is 16.1 Å². The van der Waals surface area contributed by atoms with Crippen molar-refractivity contribution in [3.8, 4) is 0 Å². The molecular formula is C10H14F3N3OS. The summed E-state index contributed by atoms with van der Waals surface area (Å²) in [6.45, 7) is 3.26. The second-order valence-electron chi connectivity index (χ2n) is 3.83. The summed E-state index contributed by atoms with van der Waals surface area (Å²) in [7, 11) is 0. The van der Waals surface area contributed by atoms with Crippen LogP contribution in [0.25, 0.3) is 0 Å². The third kappa shape index (κ3) is 3.67. The average Bonchev–Trinajstić information content (AvgIpc) is 2.73. The molecule has 4 nitrogen and oxygen atoms in total. The van der Waals surface area contributed by atoms with Crippen LogP contribution >= 0.6 is 11.3 Å². The van der Waals surface area contributed by atoms with Gasteiger partial charge in [0.2, 0.25) is 5.91 Å². The smallest absolute Gasteiger partial charge is 0.346 e. The average molecular weight is 281 g/mol. The van der Waals surface area contributed by atoms with Crippen LogP contribution in [-0.2, 0) is 11.0 Å². The number of aromatic nitrogens is 1. The highest BCUT2D eigenvalue weighted by molar-refractivity contribution is 7.09. The third-order valence-corrected chi connectivity index (χ3v) is 3.21. The number of rotatable bonds is 4. The van der Waals surface area contributed by atoms with Crippen molar-refractivity contribution in [1.29, 1.82) is 0 Å². The van der Waals surface area contributed by atoms with Gasteiger partial charge in [-0.15, -0.1) is 11.3 Å². The van der Waals surface area contributed by atoms with Gasteiger partial charge in [0.25, 0.3) is 0 Å². The molecule has 1 unspecified atom stereocenters. The summed E-state index contributed by atoms with van der Waals surface area (Å²) in [5.74, 6) is -0.411. The molecule has 8 heteroatoms. The highest BCUT2D eigenvalue weighted by atomic mass is 32.1. The fraction of sp³-hybridized carbons (Fsp3) is 0.600. The van der Waals surface area contributed by atoms with Gasteiger partial charge >= 0.3 is 6.18 Å². The van der Waals surface area contributed by atoms with E-state index < -0.39 is 29.9 Å². The normalized spacial score (nSPS) is 15.2. The van der Waals surface area contributed by atoms with Crippen LogP contribution in [0.2, 0.25) is 0 Å². The molecule has 18 heavy (non-hydrogen) atoms. The van der Waals surface area contributed by atoms with Crippen LogP contribution in [0.5, 0.6) is 0 Å². The summed E-state index contributed by atoms with van der Waals surface area (Å²) in [5.41, 5.74) is 4.45. The summed E-state index contributed by atoms with van der Waals surface area (Å²) < 4.78 is 37.2. The van der Waals surface area contributed by atoms with E-state index in [-0.39, 0.29) is 5.01 Å². The number of nitrogens with two attached hydrogens (primary N) is 1. The van der Waals surface area contributed by atoms with Gasteiger partial charge in [-0.1, -0.05) is 6.92 Å². The number of thiazole rings is 1. The van der Waals surface area contributed by atoms with Crippen molar-refractivity contribution in [2.24, 2.45) is 5.73 Å². The molecule has 0 saturated carbocycles. The Morgan fingerprint density at radius 3 is 2.61 bits per heavy atom. The van der Waals surface area contributed by atoms with Gasteiger partial charge in [0.15, 0.2) is 5.69 Å². The molecule has 1 heterocycles. The largest absolute Gasteiger partial charge is 0.434 e. The maximum Gasteiger partial charge on any atom is 0.434 e. The first-order valence-electron chi connectivity index (χ1n) is 5.34. The van der Waals surface area contributed by atoms with Crippen LogP contribution < -0.4 is 11.1 Å². The van der Waals surface area contributed by atoms with E-state index in [1.807, 2.05) is 0 Å². The summed E-state index contributed by atoms with van der Waals surface area (Å²) in [5, 5.41) is 3.74. The van der Waals surface area contributed by atoms with E-state index in [0.29, 0.717) is 6.42 Å². The molecule has 0 aliphatic heterocycles. The molecule has 0 bridgehead atoms. The maximum atomic E-state index is 12.4. The molecule has 0 radical (unpaired) electrons. The van der Waals surface area contributed by atoms with Gasteiger partial charge < -0.3 is 11.1 Å². The lowest BCUT2D eigenvalue weighted by molar-refractivity contribution is -0.140. The van der Waals surface area contributed by atoms with E-state index in [4.69, 9.17) is 5.73 Å². The Morgan fingerprint density at radius 2 is 2.22 bits per heavy atom. The number of nitrogens with one attached hydrogen (secondary N) is 1. The zero-order valence-electron chi connectivity index (χ0n) is 9.91. The molecule has 0 spiro atoms. The molecule has 3 N–H and O–H groups in total. The molecule has 1 amide bonds. The Balaban J connectivity index is 2.83. The number of nitrogens with zero attached hydrogens (tertiary/aromatic N) is 1. The van der Waals surface area contributed by atoms with E-state index in [9.17, 15) is 18.0 Å². The quantitative estimate of drug-likeness (QED) is 0.887. The lowest BCUT2D eigenvalue weighted by Crippen LogP contribution is -2.40. The van der Waals surface area contributed by atoms with Crippen LogP contribution in [-0.4, -0.2) is 16.9 Å². The lowest BCUT2D eigenvalue weighted by atomic mass is 10.2. The number of alkyl halides is 3. The standard InChI is InChI=1S/C10H14F3N3OS/c1-3-6(15-8(17)5(2)14)9-16-7(4-18-9)10(11,12)13/h4-6H,3,14H2,1-2H3,(H,15,17)/t5-,6?/m0/s1. The number of hydrogen-bond donors (Lipinski definition) is 2. The zero-order valence-corrected chi connectivity index (χ0v) is 10.7. The van der Waals surface area contributed by atoms with Crippen molar-refractivity contribution in [2.75, 3.05) is 0 Å². The van der Waals surface area contributed by atoms with Crippen molar-refractivity contribution in [2.45, 2.75) is 38.5 Å². The van der Waals surface area contributed by atoms with Crippen LogP contribution in [0.1, 0.15) is 37.0 Å². The first-order valence-corrected chi connectivity index (χ1v) is 6.22. The fourth-order valence-corrected chi connectivity index (χ4v) is 2.18. The van der Waals surface area contributed by atoms with Crippen LogP contribution in [0, 0.1) is 0 Å². The predicted molar refractivity (Wildman–Crippen MR) is 61.9 cm³/mol. The molecule has 1 aromatic heterocycles. The van der Waals surface area contributed by atoms with E-state index >= 15 is 0 Å². The van der Waals surface area contributed by atoms with Crippen molar-refractivity contribution >= 4 is 17.2 Å². The SMILES string of the molecule is CCC(NC(=O)[C@H](C)N)c1nc(C(F)(F)F)cs1. The number of halogens is 3. The highest BCUT2D eigenvalue weighted by Gasteiger charge is 2.34. The fourth-order valence-electron chi connectivity index (χ4n) is 1.22. The predicted octanol–water partition coefficient (Wildman–Crippen LogP) is 2.08. The molecule has 102 valence electrons. The van der Waals surface area contributed by atoms with Crippen LogP contribution in [0.15, 0.2) is 5.38 Å². The van der Waals surface area contributed by atoms with Crippen molar-refractivity contribution in [3.63, 3.8) is 0 Å². The first-order chi connectivity index (χ1) is 8.25. The lowest BCUT2D eigenvalue weighted by Gasteiger charge is -2.16. The van der Waals surface area contributed by atoms with Gasteiger partial charge in [-0.05, 0) is 13.3 Å². The minimum atomic E-state index is -4.46. The van der Waals surface area contributed by atoms with Gasteiger partial charge in [-0.25, -0.2) is 4.98 Å². The molecule has 0 aliphatic rings. The Labute approximate surface area is 106 Å². The minimum Gasteiger partial charge on any atom is -0.346 e. The van der Waals surface area contributed by atoms with Crippen LogP contribution in [0.3, 0.4) is 0 Å². The Hall–Kier alpha value is -1.15. The molecule has 2 atom stereocenters. The van der Waals surface area contributed by atoms with Gasteiger partial charge in [0, 0.05) is 5.38 Å². The van der Waals surface area contributed by atoms with Gasteiger partial charge in [-0.2, -0.15) is 13.2 Å². The maximum absolute atomic E-state index is 12.4. The Morgan fingerprint density at radius 1 is 1.61 bits per heavy atom. The second kappa shape index (κ2) is 5.66. The highest BCUT2D eigenvalue weighted by Crippen LogP contribution is 2.32. The molecule has 1 rings (SSSR count). The molecule has 0 aliphatic carbocycles. The minimum absolute atomic E-state index is 0.235. The van der Waals surface area contributed by atoms with Gasteiger partial charge in [0.05, 0.1) is 12.1 Å². The number of amides is 1. The van der Waals surface area contributed by atoms with Gasteiger partial charge in [-0.3, -0.25) is 4.79 Å². The van der Waals surface area contributed by atoms with Crippen molar-refractivity contribution in [1.82, 2.24) is 10.3 Å². The summed E-state index contributed by atoms with van der Waals surface area (Å²) >= 11 is 0.876. The Kier molecular flexibility index (Phi) is 4.69. The zero-order chi connectivity index (χ0) is 13.9. The third-order valence-electron chi connectivity index (χ3n) is 2.25. The van der Waals surface area contributed by atoms with Crippen molar-refractivity contribution < 1.29 is 18.0 Å². The topological polar surface area (TPSA) is 68.0 Å². The number of carbonyl (C=O) groups is 1. The summed E-state index contributed by atoms with van der Waals surface area (Å²) in [4.78, 5) is 14.9. The summed E-state index contributed by atoms with van der Waals surface area (Å²) in [6.07, 6.45) is -4.01. The second-order valence-corrected chi connectivity index (χ2v) is 4.72. The molecular weight excluding hydrogens is 267 g/mol.